The van der Waals surface area contributed by atoms with Crippen LogP contribution in [-0.4, -0.2) is 33.7 Å². The number of nitrogens with one attached hydrogen (secondary N) is 3. The van der Waals surface area contributed by atoms with E-state index in [4.69, 9.17) is 0 Å². The predicted molar refractivity (Wildman–Crippen MR) is 92.2 cm³/mol. The summed E-state index contributed by atoms with van der Waals surface area (Å²) in [7, 11) is 0. The van der Waals surface area contributed by atoms with Gasteiger partial charge in [-0.2, -0.15) is 9.50 Å². The van der Waals surface area contributed by atoms with Crippen LogP contribution in [-0.2, 0) is 0 Å². The summed E-state index contributed by atoms with van der Waals surface area (Å²) in [4.78, 5) is 4.55. The number of para-hydroxylation sites is 1. The van der Waals surface area contributed by atoms with Crippen molar-refractivity contribution < 1.29 is 0 Å². The third-order valence-electron chi connectivity index (χ3n) is 4.04. The lowest BCUT2D eigenvalue weighted by atomic mass is 10.1. The van der Waals surface area contributed by atoms with Gasteiger partial charge in [-0.05, 0) is 43.7 Å². The highest BCUT2D eigenvalue weighted by Crippen LogP contribution is 2.18. The van der Waals surface area contributed by atoms with Gasteiger partial charge in [-0.15, -0.1) is 5.10 Å². The fraction of sp³-hybridized carbons (Fsp3) is 0.294. The SMILES string of the molecule is c1ccc(Nc2nc3cccc(NC4CCCNC4)n3n2)cc1. The van der Waals surface area contributed by atoms with Gasteiger partial charge >= 0.3 is 0 Å². The van der Waals surface area contributed by atoms with Crippen LogP contribution in [0, 0.1) is 0 Å². The molecule has 1 atom stereocenters. The molecule has 3 heterocycles. The van der Waals surface area contributed by atoms with Crippen molar-refractivity contribution in [3.05, 3.63) is 48.5 Å². The zero-order valence-corrected chi connectivity index (χ0v) is 12.9. The summed E-state index contributed by atoms with van der Waals surface area (Å²) in [5.74, 6) is 1.58. The lowest BCUT2D eigenvalue weighted by Crippen LogP contribution is -2.38. The van der Waals surface area contributed by atoms with E-state index >= 15 is 0 Å². The largest absolute Gasteiger partial charge is 0.366 e. The molecule has 0 bridgehead atoms. The van der Waals surface area contributed by atoms with Gasteiger partial charge in [0.05, 0.1) is 0 Å². The Morgan fingerprint density at radius 1 is 1.09 bits per heavy atom. The van der Waals surface area contributed by atoms with E-state index in [2.05, 4.69) is 26.0 Å². The molecule has 23 heavy (non-hydrogen) atoms. The maximum atomic E-state index is 4.58. The van der Waals surface area contributed by atoms with Crippen molar-refractivity contribution >= 4 is 23.1 Å². The highest BCUT2D eigenvalue weighted by Gasteiger charge is 2.14. The zero-order chi connectivity index (χ0) is 15.5. The zero-order valence-electron chi connectivity index (χ0n) is 12.9. The Bertz CT molecular complexity index is 776. The fourth-order valence-corrected chi connectivity index (χ4v) is 2.90. The molecule has 0 aliphatic carbocycles. The Morgan fingerprint density at radius 3 is 2.83 bits per heavy atom. The molecule has 1 saturated heterocycles. The Kier molecular flexibility index (Phi) is 3.81. The highest BCUT2D eigenvalue weighted by molar-refractivity contribution is 5.57. The molecule has 1 aliphatic heterocycles. The van der Waals surface area contributed by atoms with Gasteiger partial charge in [-0.25, -0.2) is 0 Å². The molecule has 0 saturated carbocycles. The molecule has 4 rings (SSSR count). The standard InChI is InChI=1S/C17H20N6/c1-2-6-13(7-3-1)20-17-21-16-10-4-9-15(23(16)22-17)19-14-8-5-11-18-12-14/h1-4,6-7,9-10,14,18-19H,5,8,11-12H2,(H,20,22). The van der Waals surface area contributed by atoms with Gasteiger partial charge in [-0.3, -0.25) is 0 Å². The molecule has 6 heteroatoms. The lowest BCUT2D eigenvalue weighted by Gasteiger charge is -2.24. The first-order valence-corrected chi connectivity index (χ1v) is 8.04. The monoisotopic (exact) mass is 308 g/mol. The number of anilines is 3. The van der Waals surface area contributed by atoms with Gasteiger partial charge in [0.2, 0.25) is 5.95 Å². The van der Waals surface area contributed by atoms with E-state index < -0.39 is 0 Å². The van der Waals surface area contributed by atoms with Crippen LogP contribution in [0.1, 0.15) is 12.8 Å². The summed E-state index contributed by atoms with van der Waals surface area (Å²) in [6.07, 6.45) is 2.37. The van der Waals surface area contributed by atoms with Crippen molar-refractivity contribution in [2.24, 2.45) is 0 Å². The van der Waals surface area contributed by atoms with Crippen molar-refractivity contribution in [2.45, 2.75) is 18.9 Å². The summed E-state index contributed by atoms with van der Waals surface area (Å²) in [6.45, 7) is 2.09. The van der Waals surface area contributed by atoms with Crippen molar-refractivity contribution in [3.63, 3.8) is 0 Å². The van der Waals surface area contributed by atoms with Gasteiger partial charge in [0.15, 0.2) is 5.65 Å². The van der Waals surface area contributed by atoms with E-state index in [1.54, 1.807) is 0 Å². The average molecular weight is 308 g/mol. The molecule has 3 N–H and O–H groups in total. The lowest BCUT2D eigenvalue weighted by molar-refractivity contribution is 0.478. The molecular weight excluding hydrogens is 288 g/mol. The van der Waals surface area contributed by atoms with E-state index in [0.717, 1.165) is 30.2 Å². The van der Waals surface area contributed by atoms with Crippen molar-refractivity contribution in [2.75, 3.05) is 23.7 Å². The molecule has 1 aliphatic rings. The minimum absolute atomic E-state index is 0.434. The van der Waals surface area contributed by atoms with Crippen molar-refractivity contribution in [1.29, 1.82) is 0 Å². The van der Waals surface area contributed by atoms with Crippen LogP contribution in [0.3, 0.4) is 0 Å². The first kappa shape index (κ1) is 14.0. The highest BCUT2D eigenvalue weighted by atomic mass is 15.4. The third-order valence-corrected chi connectivity index (χ3v) is 4.04. The second kappa shape index (κ2) is 6.26. The average Bonchev–Trinajstić information content (AvgIpc) is 3.00. The molecule has 0 radical (unpaired) electrons. The third kappa shape index (κ3) is 3.12. The number of hydrogen-bond donors (Lipinski definition) is 3. The number of piperidine rings is 1. The molecule has 1 aromatic carbocycles. The molecule has 118 valence electrons. The molecule has 0 amide bonds. The first-order chi connectivity index (χ1) is 11.4. The summed E-state index contributed by atoms with van der Waals surface area (Å²) >= 11 is 0. The summed E-state index contributed by atoms with van der Waals surface area (Å²) in [5.41, 5.74) is 1.81. The molecule has 1 fully saturated rings. The van der Waals surface area contributed by atoms with Crippen LogP contribution < -0.4 is 16.0 Å². The van der Waals surface area contributed by atoms with Gasteiger partial charge in [0.25, 0.3) is 0 Å². The van der Waals surface area contributed by atoms with Gasteiger partial charge in [-0.1, -0.05) is 24.3 Å². The van der Waals surface area contributed by atoms with E-state index in [-0.39, 0.29) is 0 Å². The summed E-state index contributed by atoms with van der Waals surface area (Å²) < 4.78 is 1.86. The predicted octanol–water partition coefficient (Wildman–Crippen LogP) is 2.64. The second-order valence-electron chi connectivity index (χ2n) is 5.80. The van der Waals surface area contributed by atoms with Crippen molar-refractivity contribution in [1.82, 2.24) is 19.9 Å². The smallest absolute Gasteiger partial charge is 0.247 e. The Labute approximate surface area is 134 Å². The number of benzene rings is 1. The topological polar surface area (TPSA) is 66.3 Å². The minimum Gasteiger partial charge on any atom is -0.366 e. The summed E-state index contributed by atoms with van der Waals surface area (Å²) in [6, 6.07) is 16.4. The minimum atomic E-state index is 0.434. The number of nitrogens with zero attached hydrogens (tertiary/aromatic N) is 3. The Hall–Kier alpha value is -2.60. The van der Waals surface area contributed by atoms with Crippen LogP contribution in [0.15, 0.2) is 48.5 Å². The van der Waals surface area contributed by atoms with Crippen LogP contribution in [0.2, 0.25) is 0 Å². The number of aromatic nitrogens is 3. The quantitative estimate of drug-likeness (QED) is 0.691. The molecule has 0 spiro atoms. The van der Waals surface area contributed by atoms with E-state index in [1.807, 2.05) is 53.0 Å². The number of fused-ring (bicyclic) bond motifs is 1. The molecule has 1 unspecified atom stereocenters. The van der Waals surface area contributed by atoms with Gasteiger partial charge in [0.1, 0.15) is 5.82 Å². The maximum absolute atomic E-state index is 4.58. The molecular formula is C17H20N6. The fourth-order valence-electron chi connectivity index (χ4n) is 2.90. The van der Waals surface area contributed by atoms with Gasteiger partial charge < -0.3 is 16.0 Å². The Balaban J connectivity index is 1.59. The van der Waals surface area contributed by atoms with E-state index in [9.17, 15) is 0 Å². The molecule has 6 nitrogen and oxygen atoms in total. The number of rotatable bonds is 4. The van der Waals surface area contributed by atoms with Crippen molar-refractivity contribution in [3.8, 4) is 0 Å². The Morgan fingerprint density at radius 2 is 2.00 bits per heavy atom. The second-order valence-corrected chi connectivity index (χ2v) is 5.80. The van der Waals surface area contributed by atoms with Crippen LogP contribution in [0.5, 0.6) is 0 Å². The van der Waals surface area contributed by atoms with Gasteiger partial charge in [0, 0.05) is 18.3 Å². The summed E-state index contributed by atoms with van der Waals surface area (Å²) in [5, 5.41) is 14.8. The van der Waals surface area contributed by atoms with Crippen LogP contribution >= 0.6 is 0 Å². The van der Waals surface area contributed by atoms with Crippen LogP contribution in [0.4, 0.5) is 17.5 Å². The van der Waals surface area contributed by atoms with E-state index in [1.165, 1.54) is 12.8 Å². The first-order valence-electron chi connectivity index (χ1n) is 8.04. The van der Waals surface area contributed by atoms with E-state index in [0.29, 0.717) is 12.0 Å². The maximum Gasteiger partial charge on any atom is 0.247 e. The molecule has 2 aromatic heterocycles. The number of pyridine rings is 1. The molecule has 3 aromatic rings. The van der Waals surface area contributed by atoms with Crippen LogP contribution in [0.25, 0.3) is 5.65 Å². The number of hydrogen-bond acceptors (Lipinski definition) is 5. The normalized spacial score (nSPS) is 18.0.